The van der Waals surface area contributed by atoms with Gasteiger partial charge >= 0.3 is 6.18 Å². The summed E-state index contributed by atoms with van der Waals surface area (Å²) in [6.45, 7) is 3.59. The molecule has 0 bridgehead atoms. The number of hydrogen-bond donors (Lipinski definition) is 1. The summed E-state index contributed by atoms with van der Waals surface area (Å²) in [7, 11) is 0. The van der Waals surface area contributed by atoms with Gasteiger partial charge in [-0.05, 0) is 31.5 Å². The highest BCUT2D eigenvalue weighted by Crippen LogP contribution is 2.31. The van der Waals surface area contributed by atoms with Gasteiger partial charge in [0, 0.05) is 6.54 Å². The standard InChI is InChI=1S/C13H13F4N/c1-4-12(2,3)18-8-9-5-6-11(14)10(7-9)13(15,16)17/h1,5-7,18H,8H2,2-3H3. The van der Waals surface area contributed by atoms with E-state index < -0.39 is 23.1 Å². The summed E-state index contributed by atoms with van der Waals surface area (Å²) in [5.74, 6) is 1.18. The molecule has 0 amide bonds. The SMILES string of the molecule is C#CC(C)(C)NCc1ccc(F)c(C(F)(F)F)c1. The third-order valence-corrected chi connectivity index (χ3v) is 2.43. The van der Waals surface area contributed by atoms with Crippen LogP contribution in [0.1, 0.15) is 25.0 Å². The summed E-state index contributed by atoms with van der Waals surface area (Å²) in [6, 6.07) is 2.89. The first-order valence-electron chi connectivity index (χ1n) is 5.24. The zero-order chi connectivity index (χ0) is 14.0. The number of hydrogen-bond acceptors (Lipinski definition) is 1. The third kappa shape index (κ3) is 3.74. The smallest absolute Gasteiger partial charge is 0.298 e. The van der Waals surface area contributed by atoms with Crippen LogP contribution in [-0.2, 0) is 12.7 Å². The monoisotopic (exact) mass is 259 g/mol. The van der Waals surface area contributed by atoms with E-state index in [9.17, 15) is 17.6 Å². The molecule has 0 heterocycles. The second-order valence-electron chi connectivity index (χ2n) is 4.43. The minimum Gasteiger partial charge on any atom is -0.298 e. The molecule has 1 aromatic carbocycles. The summed E-state index contributed by atoms with van der Waals surface area (Å²) in [4.78, 5) is 0. The summed E-state index contributed by atoms with van der Waals surface area (Å²) in [6.07, 6.45) is 0.548. The molecule has 5 heteroatoms. The van der Waals surface area contributed by atoms with E-state index in [0.717, 1.165) is 12.1 Å². The molecule has 0 aliphatic carbocycles. The quantitative estimate of drug-likeness (QED) is 0.648. The maximum Gasteiger partial charge on any atom is 0.419 e. The van der Waals surface area contributed by atoms with Gasteiger partial charge < -0.3 is 0 Å². The Morgan fingerprint density at radius 2 is 1.89 bits per heavy atom. The van der Waals surface area contributed by atoms with Crippen molar-refractivity contribution >= 4 is 0 Å². The van der Waals surface area contributed by atoms with Crippen LogP contribution in [0.2, 0.25) is 0 Å². The molecule has 0 aliphatic heterocycles. The molecule has 0 saturated heterocycles. The summed E-state index contributed by atoms with van der Waals surface area (Å²) < 4.78 is 50.5. The van der Waals surface area contributed by atoms with E-state index in [4.69, 9.17) is 6.42 Å². The number of terminal acetylenes is 1. The molecule has 0 radical (unpaired) electrons. The first-order valence-corrected chi connectivity index (χ1v) is 5.24. The minimum atomic E-state index is -4.69. The summed E-state index contributed by atoms with van der Waals surface area (Å²) >= 11 is 0. The highest BCUT2D eigenvalue weighted by atomic mass is 19.4. The molecule has 1 nitrogen and oxygen atoms in total. The Bertz CT molecular complexity index is 469. The zero-order valence-corrected chi connectivity index (χ0v) is 10.0. The highest BCUT2D eigenvalue weighted by Gasteiger charge is 2.34. The topological polar surface area (TPSA) is 12.0 Å². The molecule has 98 valence electrons. The molecule has 0 aromatic heterocycles. The van der Waals surface area contributed by atoms with Crippen molar-refractivity contribution in [1.82, 2.24) is 5.32 Å². The van der Waals surface area contributed by atoms with Crippen molar-refractivity contribution in [3.8, 4) is 12.3 Å². The van der Waals surface area contributed by atoms with Crippen molar-refractivity contribution in [3.05, 3.63) is 35.1 Å². The first-order chi connectivity index (χ1) is 8.15. The molecular weight excluding hydrogens is 246 g/mol. The van der Waals surface area contributed by atoms with Crippen LogP contribution in [0.5, 0.6) is 0 Å². The van der Waals surface area contributed by atoms with Gasteiger partial charge in [-0.2, -0.15) is 13.2 Å². The molecule has 0 fully saturated rings. The van der Waals surface area contributed by atoms with Gasteiger partial charge in [0.1, 0.15) is 5.82 Å². The fourth-order valence-electron chi connectivity index (χ4n) is 1.27. The molecule has 18 heavy (non-hydrogen) atoms. The maximum absolute atomic E-state index is 13.0. The highest BCUT2D eigenvalue weighted by molar-refractivity contribution is 5.27. The van der Waals surface area contributed by atoms with Gasteiger partial charge in [-0.25, -0.2) is 4.39 Å². The van der Waals surface area contributed by atoms with E-state index in [-0.39, 0.29) is 6.54 Å². The zero-order valence-electron chi connectivity index (χ0n) is 10.0. The van der Waals surface area contributed by atoms with Gasteiger partial charge in [0.05, 0.1) is 11.1 Å². The van der Waals surface area contributed by atoms with Crippen LogP contribution in [0.15, 0.2) is 18.2 Å². The predicted octanol–water partition coefficient (Wildman–Crippen LogP) is 3.35. The average Bonchev–Trinajstić information content (AvgIpc) is 2.26. The van der Waals surface area contributed by atoms with Crippen LogP contribution in [0, 0.1) is 18.2 Å². The molecule has 0 spiro atoms. The lowest BCUT2D eigenvalue weighted by Crippen LogP contribution is -2.36. The second kappa shape index (κ2) is 4.99. The van der Waals surface area contributed by atoms with Crippen molar-refractivity contribution < 1.29 is 17.6 Å². The van der Waals surface area contributed by atoms with Gasteiger partial charge in [-0.1, -0.05) is 12.0 Å². The normalized spacial score (nSPS) is 12.3. The Morgan fingerprint density at radius 3 is 2.39 bits per heavy atom. The fraction of sp³-hybridized carbons (Fsp3) is 0.385. The number of benzene rings is 1. The van der Waals surface area contributed by atoms with Gasteiger partial charge in [-0.3, -0.25) is 5.32 Å². The van der Waals surface area contributed by atoms with Gasteiger partial charge in [-0.15, -0.1) is 6.42 Å². The Hall–Kier alpha value is -1.54. The number of halogens is 4. The van der Waals surface area contributed by atoms with Gasteiger partial charge in [0.2, 0.25) is 0 Å². The summed E-state index contributed by atoms with van der Waals surface area (Å²) in [5.41, 5.74) is -1.57. The Balaban J connectivity index is 2.91. The lowest BCUT2D eigenvalue weighted by molar-refractivity contribution is -0.140. The molecule has 1 N–H and O–H groups in total. The van der Waals surface area contributed by atoms with E-state index in [1.807, 2.05) is 0 Å². The summed E-state index contributed by atoms with van der Waals surface area (Å²) in [5, 5.41) is 2.90. The second-order valence-corrected chi connectivity index (χ2v) is 4.43. The lowest BCUT2D eigenvalue weighted by Gasteiger charge is -2.20. The van der Waals surface area contributed by atoms with Gasteiger partial charge in [0.25, 0.3) is 0 Å². The van der Waals surface area contributed by atoms with E-state index in [2.05, 4.69) is 11.2 Å². The fourth-order valence-corrected chi connectivity index (χ4v) is 1.27. The first kappa shape index (κ1) is 14.5. The van der Waals surface area contributed by atoms with Crippen LogP contribution < -0.4 is 5.32 Å². The number of alkyl halides is 3. The van der Waals surface area contributed by atoms with E-state index in [1.54, 1.807) is 13.8 Å². The number of rotatable bonds is 3. The lowest BCUT2D eigenvalue weighted by atomic mass is 10.1. The molecule has 0 aliphatic rings. The molecule has 1 aromatic rings. The van der Waals surface area contributed by atoms with Crippen molar-refractivity contribution in [3.63, 3.8) is 0 Å². The third-order valence-electron chi connectivity index (χ3n) is 2.43. The minimum absolute atomic E-state index is 0.139. The van der Waals surface area contributed by atoms with Gasteiger partial charge in [0.15, 0.2) is 0 Å². The van der Waals surface area contributed by atoms with Crippen LogP contribution in [0.4, 0.5) is 17.6 Å². The van der Waals surface area contributed by atoms with Crippen molar-refractivity contribution in [2.75, 3.05) is 0 Å². The van der Waals surface area contributed by atoms with Crippen LogP contribution >= 0.6 is 0 Å². The largest absolute Gasteiger partial charge is 0.419 e. The molecule has 0 unspecified atom stereocenters. The molecule has 0 atom stereocenters. The molecule has 0 saturated carbocycles. The van der Waals surface area contributed by atoms with E-state index >= 15 is 0 Å². The number of nitrogens with one attached hydrogen (secondary N) is 1. The van der Waals surface area contributed by atoms with E-state index in [1.165, 1.54) is 6.07 Å². The molecular formula is C13H13F4N. The Morgan fingerprint density at radius 1 is 1.28 bits per heavy atom. The van der Waals surface area contributed by atoms with Crippen molar-refractivity contribution in [1.29, 1.82) is 0 Å². The van der Waals surface area contributed by atoms with E-state index in [0.29, 0.717) is 5.56 Å². The predicted molar refractivity (Wildman–Crippen MR) is 61.2 cm³/mol. The van der Waals surface area contributed by atoms with Crippen molar-refractivity contribution in [2.24, 2.45) is 0 Å². The van der Waals surface area contributed by atoms with Crippen LogP contribution in [0.25, 0.3) is 0 Å². The maximum atomic E-state index is 13.0. The average molecular weight is 259 g/mol. The van der Waals surface area contributed by atoms with Crippen LogP contribution in [-0.4, -0.2) is 5.54 Å². The van der Waals surface area contributed by atoms with Crippen molar-refractivity contribution in [2.45, 2.75) is 32.1 Å². The molecule has 1 rings (SSSR count). The Labute approximate surface area is 103 Å². The Kier molecular flexibility index (Phi) is 4.02. The van der Waals surface area contributed by atoms with Crippen LogP contribution in [0.3, 0.4) is 0 Å².